The molecule has 1 fully saturated rings. The molecule has 1 heterocycles. The van der Waals surface area contributed by atoms with Crippen molar-refractivity contribution in [3.05, 3.63) is 53.5 Å². The van der Waals surface area contributed by atoms with Crippen molar-refractivity contribution in [3.8, 4) is 0 Å². The number of rotatable bonds is 7. The molecule has 25 heavy (non-hydrogen) atoms. The molecule has 0 saturated heterocycles. The number of furan rings is 1. The predicted octanol–water partition coefficient (Wildman–Crippen LogP) is 4.10. The Morgan fingerprint density at radius 2 is 2.08 bits per heavy atom. The zero-order chi connectivity index (χ0) is 17.8. The number of anilines is 1. The molecule has 1 aliphatic rings. The maximum Gasteiger partial charge on any atom is 0.291 e. The number of nitrogens with zero attached hydrogens (tertiary/aromatic N) is 1. The van der Waals surface area contributed by atoms with Gasteiger partial charge in [0.2, 0.25) is 0 Å². The molecule has 1 aliphatic carbocycles. The molecule has 1 N–H and O–H groups in total. The Bertz CT molecular complexity index is 748. The van der Waals surface area contributed by atoms with E-state index < -0.39 is 0 Å². The number of nitrogens with one attached hydrogen (secondary N) is 1. The minimum absolute atomic E-state index is 0.0299. The number of benzene rings is 1. The topological polar surface area (TPSA) is 62.6 Å². The van der Waals surface area contributed by atoms with Gasteiger partial charge in [0.1, 0.15) is 0 Å². The summed E-state index contributed by atoms with van der Waals surface area (Å²) in [6.45, 7) is 5.57. The Hall–Kier alpha value is -2.56. The summed E-state index contributed by atoms with van der Waals surface area (Å²) in [5.41, 5.74) is 2.14. The molecule has 1 aromatic heterocycles. The third-order valence-corrected chi connectivity index (χ3v) is 4.43. The molecule has 2 amide bonds. The van der Waals surface area contributed by atoms with Crippen molar-refractivity contribution in [1.82, 2.24) is 4.90 Å². The van der Waals surface area contributed by atoms with Gasteiger partial charge >= 0.3 is 0 Å². The van der Waals surface area contributed by atoms with E-state index in [1.165, 1.54) is 19.1 Å². The second-order valence-electron chi connectivity index (χ2n) is 6.66. The van der Waals surface area contributed by atoms with Crippen LogP contribution < -0.4 is 5.32 Å². The highest BCUT2D eigenvalue weighted by Gasteiger charge is 2.27. The van der Waals surface area contributed by atoms with Crippen LogP contribution in [0.15, 0.2) is 41.0 Å². The maximum absolute atomic E-state index is 12.9. The second-order valence-corrected chi connectivity index (χ2v) is 6.66. The van der Waals surface area contributed by atoms with Crippen molar-refractivity contribution in [2.75, 3.05) is 18.4 Å². The molecule has 132 valence electrons. The van der Waals surface area contributed by atoms with Crippen molar-refractivity contribution in [1.29, 1.82) is 0 Å². The van der Waals surface area contributed by atoms with Crippen molar-refractivity contribution in [3.63, 3.8) is 0 Å². The zero-order valence-electron chi connectivity index (χ0n) is 14.7. The molecular formula is C20H24N2O3. The second kappa shape index (κ2) is 7.55. The lowest BCUT2D eigenvalue weighted by molar-refractivity contribution is 0.0747. The molecule has 3 rings (SSSR count). The van der Waals surface area contributed by atoms with Crippen molar-refractivity contribution in [2.45, 2.75) is 33.1 Å². The molecule has 2 aromatic rings. The van der Waals surface area contributed by atoms with E-state index in [9.17, 15) is 9.59 Å². The first-order chi connectivity index (χ1) is 12.1. The monoisotopic (exact) mass is 340 g/mol. The summed E-state index contributed by atoms with van der Waals surface area (Å²) in [4.78, 5) is 27.0. The highest BCUT2D eigenvalue weighted by Crippen LogP contribution is 2.30. The van der Waals surface area contributed by atoms with Crippen LogP contribution in [0.2, 0.25) is 0 Å². The quantitative estimate of drug-likeness (QED) is 0.825. The number of aryl methyl sites for hydroxylation is 1. The van der Waals surface area contributed by atoms with E-state index in [0.29, 0.717) is 17.2 Å². The number of carbonyl (C=O) groups excluding carboxylic acids is 2. The van der Waals surface area contributed by atoms with Gasteiger partial charge in [-0.25, -0.2) is 0 Å². The van der Waals surface area contributed by atoms with E-state index >= 15 is 0 Å². The molecule has 0 aliphatic heterocycles. The summed E-state index contributed by atoms with van der Waals surface area (Å²) < 4.78 is 5.12. The van der Waals surface area contributed by atoms with E-state index in [-0.39, 0.29) is 17.6 Å². The van der Waals surface area contributed by atoms with Crippen LogP contribution >= 0.6 is 0 Å². The average Bonchev–Trinajstić information content (AvgIpc) is 3.24. The maximum atomic E-state index is 12.9. The first-order valence-corrected chi connectivity index (χ1v) is 8.83. The Kier molecular flexibility index (Phi) is 5.22. The van der Waals surface area contributed by atoms with Crippen LogP contribution in [0.1, 0.15) is 52.7 Å². The molecule has 5 nitrogen and oxygen atoms in total. The zero-order valence-corrected chi connectivity index (χ0v) is 14.7. The van der Waals surface area contributed by atoms with E-state index in [2.05, 4.69) is 12.2 Å². The third kappa shape index (κ3) is 4.29. The van der Waals surface area contributed by atoms with E-state index in [1.54, 1.807) is 18.2 Å². The van der Waals surface area contributed by atoms with Crippen LogP contribution in [-0.2, 0) is 0 Å². The average molecular weight is 340 g/mol. The van der Waals surface area contributed by atoms with Gasteiger partial charge in [0.15, 0.2) is 5.76 Å². The van der Waals surface area contributed by atoms with Crippen LogP contribution in [0.3, 0.4) is 0 Å². The summed E-state index contributed by atoms with van der Waals surface area (Å²) in [6.07, 6.45) is 4.83. The molecule has 1 aromatic carbocycles. The minimum Gasteiger partial charge on any atom is -0.459 e. The van der Waals surface area contributed by atoms with Crippen LogP contribution in [0, 0.1) is 12.8 Å². The molecule has 0 unspecified atom stereocenters. The molecule has 5 heteroatoms. The SMILES string of the molecule is CCCN(CC1CC1)C(=O)c1ccc(C)c(NC(=O)c2ccco2)c1. The van der Waals surface area contributed by atoms with Crippen LogP contribution in [0.5, 0.6) is 0 Å². The summed E-state index contributed by atoms with van der Waals surface area (Å²) in [5, 5.41) is 2.83. The molecule has 0 atom stereocenters. The Morgan fingerprint density at radius 1 is 1.28 bits per heavy atom. The van der Waals surface area contributed by atoms with Gasteiger partial charge in [0, 0.05) is 24.3 Å². The van der Waals surface area contributed by atoms with E-state index in [4.69, 9.17) is 4.42 Å². The largest absolute Gasteiger partial charge is 0.459 e. The smallest absolute Gasteiger partial charge is 0.291 e. The van der Waals surface area contributed by atoms with Gasteiger partial charge in [-0.2, -0.15) is 0 Å². The Morgan fingerprint density at radius 3 is 2.72 bits per heavy atom. The lowest BCUT2D eigenvalue weighted by Crippen LogP contribution is -2.33. The van der Waals surface area contributed by atoms with E-state index in [0.717, 1.165) is 25.1 Å². The number of hydrogen-bond acceptors (Lipinski definition) is 3. The lowest BCUT2D eigenvalue weighted by atomic mass is 10.1. The Balaban J connectivity index is 1.77. The third-order valence-electron chi connectivity index (χ3n) is 4.43. The van der Waals surface area contributed by atoms with Crippen molar-refractivity contribution < 1.29 is 14.0 Å². The normalized spacial score (nSPS) is 13.5. The van der Waals surface area contributed by atoms with Gasteiger partial charge in [-0.05, 0) is 61.9 Å². The standard InChI is InChI=1S/C20H24N2O3/c1-3-10-22(13-15-7-8-15)20(24)16-9-6-14(2)17(12-16)21-19(23)18-5-4-11-25-18/h4-6,9,11-12,15H,3,7-8,10,13H2,1-2H3,(H,21,23). The summed E-state index contributed by atoms with van der Waals surface area (Å²) in [7, 11) is 0. The van der Waals surface area contributed by atoms with Crippen LogP contribution in [0.4, 0.5) is 5.69 Å². The van der Waals surface area contributed by atoms with Gasteiger partial charge < -0.3 is 14.6 Å². The molecule has 1 saturated carbocycles. The predicted molar refractivity (Wildman–Crippen MR) is 96.8 cm³/mol. The number of amides is 2. The van der Waals surface area contributed by atoms with E-state index in [1.807, 2.05) is 24.0 Å². The fourth-order valence-electron chi connectivity index (χ4n) is 2.82. The molecule has 0 bridgehead atoms. The molecule has 0 radical (unpaired) electrons. The van der Waals surface area contributed by atoms with Crippen LogP contribution in [-0.4, -0.2) is 29.8 Å². The highest BCUT2D eigenvalue weighted by atomic mass is 16.3. The number of carbonyl (C=O) groups is 2. The van der Waals surface area contributed by atoms with Crippen molar-refractivity contribution in [2.24, 2.45) is 5.92 Å². The fourth-order valence-corrected chi connectivity index (χ4v) is 2.82. The van der Waals surface area contributed by atoms with Gasteiger partial charge in [0.05, 0.1) is 6.26 Å². The van der Waals surface area contributed by atoms with Gasteiger partial charge in [-0.1, -0.05) is 13.0 Å². The lowest BCUT2D eigenvalue weighted by Gasteiger charge is -2.22. The Labute approximate surface area is 148 Å². The highest BCUT2D eigenvalue weighted by molar-refractivity contribution is 6.03. The van der Waals surface area contributed by atoms with Gasteiger partial charge in [-0.3, -0.25) is 9.59 Å². The first kappa shape index (κ1) is 17.3. The molecular weight excluding hydrogens is 316 g/mol. The first-order valence-electron chi connectivity index (χ1n) is 8.83. The summed E-state index contributed by atoms with van der Waals surface area (Å²) in [5.74, 6) is 0.611. The minimum atomic E-state index is -0.318. The van der Waals surface area contributed by atoms with Crippen molar-refractivity contribution >= 4 is 17.5 Å². The fraction of sp³-hybridized carbons (Fsp3) is 0.400. The van der Waals surface area contributed by atoms with Gasteiger partial charge in [-0.15, -0.1) is 0 Å². The summed E-state index contributed by atoms with van der Waals surface area (Å²) >= 11 is 0. The van der Waals surface area contributed by atoms with Gasteiger partial charge in [0.25, 0.3) is 11.8 Å². The molecule has 0 spiro atoms. The summed E-state index contributed by atoms with van der Waals surface area (Å²) in [6, 6.07) is 8.73. The number of hydrogen-bond donors (Lipinski definition) is 1. The van der Waals surface area contributed by atoms with Crippen LogP contribution in [0.25, 0.3) is 0 Å².